The van der Waals surface area contributed by atoms with Crippen LogP contribution in [-0.4, -0.2) is 44.7 Å². The molecule has 2 aromatic heterocycles. The van der Waals surface area contributed by atoms with Crippen LogP contribution in [0.25, 0.3) is 5.65 Å². The number of benzene rings is 1. The molecule has 27 heavy (non-hydrogen) atoms. The maximum Gasteiger partial charge on any atom is 0.321 e. The molecule has 1 saturated heterocycles. The molecule has 7 nitrogen and oxygen atoms in total. The summed E-state index contributed by atoms with van der Waals surface area (Å²) < 4.78 is 1.86. The van der Waals surface area contributed by atoms with E-state index in [2.05, 4.69) is 20.7 Å². The van der Waals surface area contributed by atoms with Crippen molar-refractivity contribution in [2.75, 3.05) is 23.7 Å². The molecule has 0 atom stereocenters. The zero-order valence-corrected chi connectivity index (χ0v) is 15.6. The molecule has 0 bridgehead atoms. The van der Waals surface area contributed by atoms with Gasteiger partial charge >= 0.3 is 6.03 Å². The highest BCUT2D eigenvalue weighted by molar-refractivity contribution is 5.89. The number of hydrogen-bond acceptors (Lipinski definition) is 4. The molecule has 0 saturated carbocycles. The van der Waals surface area contributed by atoms with Crippen LogP contribution >= 0.6 is 0 Å². The molecule has 4 rings (SSSR count). The molecular formula is C20H24N6O. The molecular weight excluding hydrogens is 340 g/mol. The van der Waals surface area contributed by atoms with Crippen LogP contribution in [0, 0.1) is 13.8 Å². The van der Waals surface area contributed by atoms with E-state index in [0.29, 0.717) is 6.04 Å². The molecule has 7 heteroatoms. The number of nitrogens with zero attached hydrogens (tertiary/aromatic N) is 4. The van der Waals surface area contributed by atoms with Crippen molar-refractivity contribution in [3.63, 3.8) is 0 Å². The summed E-state index contributed by atoms with van der Waals surface area (Å²) in [6, 6.07) is 13.8. The third-order valence-corrected chi connectivity index (χ3v) is 4.84. The van der Waals surface area contributed by atoms with Crippen LogP contribution < -0.4 is 10.6 Å². The SMILES string of the molecule is Cc1cc(NC2CCN(C(=O)Nc3ccccc3)CC2)n2nc(C)cc2n1. The number of aryl methyl sites for hydroxylation is 2. The Morgan fingerprint density at radius 1 is 1.07 bits per heavy atom. The van der Waals surface area contributed by atoms with E-state index < -0.39 is 0 Å². The Bertz CT molecular complexity index is 944. The Balaban J connectivity index is 1.38. The fourth-order valence-electron chi connectivity index (χ4n) is 3.48. The van der Waals surface area contributed by atoms with Gasteiger partial charge in [-0.2, -0.15) is 9.61 Å². The smallest absolute Gasteiger partial charge is 0.321 e. The van der Waals surface area contributed by atoms with E-state index in [9.17, 15) is 4.79 Å². The lowest BCUT2D eigenvalue weighted by molar-refractivity contribution is 0.197. The second kappa shape index (κ2) is 7.26. The Morgan fingerprint density at radius 2 is 1.81 bits per heavy atom. The summed E-state index contributed by atoms with van der Waals surface area (Å²) in [5.74, 6) is 0.956. The van der Waals surface area contributed by atoms with Gasteiger partial charge in [-0.3, -0.25) is 0 Å². The van der Waals surface area contributed by atoms with E-state index >= 15 is 0 Å². The van der Waals surface area contributed by atoms with Gasteiger partial charge in [0, 0.05) is 42.6 Å². The van der Waals surface area contributed by atoms with Crippen molar-refractivity contribution in [1.82, 2.24) is 19.5 Å². The number of amides is 2. The average Bonchev–Trinajstić information content (AvgIpc) is 3.03. The lowest BCUT2D eigenvalue weighted by atomic mass is 10.1. The molecule has 3 aromatic rings. The first kappa shape index (κ1) is 17.3. The number of likely N-dealkylation sites (tertiary alicyclic amines) is 1. The second-order valence-corrected chi connectivity index (χ2v) is 7.04. The second-order valence-electron chi connectivity index (χ2n) is 7.04. The van der Waals surface area contributed by atoms with Gasteiger partial charge in [0.05, 0.1) is 5.69 Å². The third kappa shape index (κ3) is 3.86. The normalized spacial score (nSPS) is 15.1. The number of para-hydroxylation sites is 1. The standard InChI is InChI=1S/C20H24N6O/c1-14-12-19(26-18(21-14)13-15(2)24-26)22-17-8-10-25(11-9-17)20(27)23-16-6-4-3-5-7-16/h3-7,12-13,17,22H,8-11H2,1-2H3,(H,23,27). The zero-order chi connectivity index (χ0) is 18.8. The van der Waals surface area contributed by atoms with Gasteiger partial charge in [0.1, 0.15) is 5.82 Å². The number of fused-ring (bicyclic) bond motifs is 1. The summed E-state index contributed by atoms with van der Waals surface area (Å²) in [4.78, 5) is 18.8. The number of urea groups is 1. The first-order valence-corrected chi connectivity index (χ1v) is 9.30. The van der Waals surface area contributed by atoms with Crippen molar-refractivity contribution in [1.29, 1.82) is 0 Å². The van der Waals surface area contributed by atoms with E-state index in [1.807, 2.05) is 65.7 Å². The fraction of sp³-hybridized carbons (Fsp3) is 0.350. The molecule has 1 aromatic carbocycles. The summed E-state index contributed by atoms with van der Waals surface area (Å²) in [6.45, 7) is 5.41. The predicted octanol–water partition coefficient (Wildman–Crippen LogP) is 3.45. The highest BCUT2D eigenvalue weighted by Gasteiger charge is 2.23. The lowest BCUT2D eigenvalue weighted by Gasteiger charge is -2.32. The molecule has 1 aliphatic heterocycles. The molecule has 3 heterocycles. The summed E-state index contributed by atoms with van der Waals surface area (Å²) in [5, 5.41) is 11.1. The Hall–Kier alpha value is -3.09. The van der Waals surface area contributed by atoms with E-state index in [-0.39, 0.29) is 6.03 Å². The van der Waals surface area contributed by atoms with Gasteiger partial charge in [0.25, 0.3) is 0 Å². The number of carbonyl (C=O) groups excluding carboxylic acids is 1. The van der Waals surface area contributed by atoms with Gasteiger partial charge in [-0.25, -0.2) is 9.78 Å². The number of anilines is 2. The van der Waals surface area contributed by atoms with Crippen LogP contribution in [-0.2, 0) is 0 Å². The van der Waals surface area contributed by atoms with Crippen molar-refractivity contribution in [3.05, 3.63) is 53.9 Å². The van der Waals surface area contributed by atoms with E-state index in [0.717, 1.165) is 54.5 Å². The summed E-state index contributed by atoms with van der Waals surface area (Å²) in [6.07, 6.45) is 1.79. The quantitative estimate of drug-likeness (QED) is 0.746. The minimum absolute atomic E-state index is 0.0375. The monoisotopic (exact) mass is 364 g/mol. The predicted molar refractivity (Wildman–Crippen MR) is 106 cm³/mol. The molecule has 1 fully saturated rings. The minimum atomic E-state index is -0.0375. The molecule has 0 unspecified atom stereocenters. The Kier molecular flexibility index (Phi) is 4.66. The van der Waals surface area contributed by atoms with Gasteiger partial charge in [0.2, 0.25) is 0 Å². The molecule has 1 aliphatic rings. The summed E-state index contributed by atoms with van der Waals surface area (Å²) in [5.41, 5.74) is 3.59. The number of carbonyl (C=O) groups is 1. The lowest BCUT2D eigenvalue weighted by Crippen LogP contribution is -2.44. The molecule has 0 aliphatic carbocycles. The van der Waals surface area contributed by atoms with Crippen LogP contribution in [0.3, 0.4) is 0 Å². The first-order valence-electron chi connectivity index (χ1n) is 9.30. The maximum absolute atomic E-state index is 12.4. The fourth-order valence-corrected chi connectivity index (χ4v) is 3.48. The van der Waals surface area contributed by atoms with Crippen molar-refractivity contribution in [2.45, 2.75) is 32.7 Å². The maximum atomic E-state index is 12.4. The number of nitrogens with one attached hydrogen (secondary N) is 2. The van der Waals surface area contributed by atoms with Crippen molar-refractivity contribution >= 4 is 23.2 Å². The van der Waals surface area contributed by atoms with E-state index in [1.54, 1.807) is 0 Å². The zero-order valence-electron chi connectivity index (χ0n) is 15.6. The van der Waals surface area contributed by atoms with Gasteiger partial charge in [0.15, 0.2) is 5.65 Å². The Morgan fingerprint density at radius 3 is 2.56 bits per heavy atom. The van der Waals surface area contributed by atoms with E-state index in [4.69, 9.17) is 0 Å². The van der Waals surface area contributed by atoms with Crippen LogP contribution in [0.15, 0.2) is 42.5 Å². The van der Waals surface area contributed by atoms with Crippen LogP contribution in [0.5, 0.6) is 0 Å². The number of piperidine rings is 1. The first-order chi connectivity index (χ1) is 13.1. The van der Waals surface area contributed by atoms with Crippen molar-refractivity contribution in [2.24, 2.45) is 0 Å². The van der Waals surface area contributed by atoms with Gasteiger partial charge < -0.3 is 15.5 Å². The Labute approximate surface area is 158 Å². The molecule has 0 radical (unpaired) electrons. The molecule has 140 valence electrons. The van der Waals surface area contributed by atoms with Crippen LogP contribution in [0.2, 0.25) is 0 Å². The van der Waals surface area contributed by atoms with Crippen molar-refractivity contribution in [3.8, 4) is 0 Å². The van der Waals surface area contributed by atoms with Gasteiger partial charge in [-0.1, -0.05) is 18.2 Å². The highest BCUT2D eigenvalue weighted by Crippen LogP contribution is 2.19. The van der Waals surface area contributed by atoms with E-state index in [1.165, 1.54) is 0 Å². The highest BCUT2D eigenvalue weighted by atomic mass is 16.2. The van der Waals surface area contributed by atoms with Crippen LogP contribution in [0.4, 0.5) is 16.3 Å². The average molecular weight is 364 g/mol. The number of aromatic nitrogens is 3. The number of hydrogen-bond donors (Lipinski definition) is 2. The molecule has 2 N–H and O–H groups in total. The largest absolute Gasteiger partial charge is 0.367 e. The van der Waals surface area contributed by atoms with Gasteiger partial charge in [-0.15, -0.1) is 0 Å². The molecule has 2 amide bonds. The van der Waals surface area contributed by atoms with Crippen molar-refractivity contribution < 1.29 is 4.79 Å². The minimum Gasteiger partial charge on any atom is -0.367 e. The third-order valence-electron chi connectivity index (χ3n) is 4.84. The summed E-state index contributed by atoms with van der Waals surface area (Å²) in [7, 11) is 0. The number of rotatable bonds is 3. The topological polar surface area (TPSA) is 74.6 Å². The molecule has 0 spiro atoms. The summed E-state index contributed by atoms with van der Waals surface area (Å²) >= 11 is 0. The van der Waals surface area contributed by atoms with Crippen LogP contribution in [0.1, 0.15) is 24.2 Å². The van der Waals surface area contributed by atoms with Gasteiger partial charge in [-0.05, 0) is 38.8 Å².